The summed E-state index contributed by atoms with van der Waals surface area (Å²) in [5, 5.41) is 11.7. The van der Waals surface area contributed by atoms with Crippen molar-refractivity contribution in [3.8, 4) is 0 Å². The van der Waals surface area contributed by atoms with Gasteiger partial charge in [0, 0.05) is 18.2 Å². The number of nitrogens with two attached hydrogens (primary N) is 1. The fourth-order valence-corrected chi connectivity index (χ4v) is 2.95. The minimum absolute atomic E-state index is 0.435. The van der Waals surface area contributed by atoms with Gasteiger partial charge >= 0.3 is 0 Å². The first kappa shape index (κ1) is 16.0. The molecule has 0 unspecified atom stereocenters. The Morgan fingerprint density at radius 3 is 2.77 bits per heavy atom. The van der Waals surface area contributed by atoms with Gasteiger partial charge in [0.1, 0.15) is 0 Å². The first-order chi connectivity index (χ1) is 12.7. The summed E-state index contributed by atoms with van der Waals surface area (Å²) in [5.74, 6) is 0.752. The molecule has 3 N–H and O–H groups in total. The summed E-state index contributed by atoms with van der Waals surface area (Å²) in [7, 11) is 0. The maximum atomic E-state index is 11.6. The van der Waals surface area contributed by atoms with Crippen LogP contribution in [0.2, 0.25) is 0 Å². The molecule has 0 aliphatic carbocycles. The Morgan fingerprint density at radius 1 is 1.12 bits per heavy atom. The minimum Gasteiger partial charge on any atom is -0.366 e. The van der Waals surface area contributed by atoms with Gasteiger partial charge in [0.15, 0.2) is 5.82 Å². The molecule has 0 aliphatic rings. The van der Waals surface area contributed by atoms with Gasteiger partial charge < -0.3 is 10.3 Å². The Hall–Kier alpha value is -3.48. The molecule has 0 bridgehead atoms. The number of rotatable bonds is 6. The summed E-state index contributed by atoms with van der Waals surface area (Å²) in [6.45, 7) is 0. The fourth-order valence-electron chi connectivity index (χ4n) is 2.95. The molecule has 1 amide bonds. The number of benzene rings is 2. The largest absolute Gasteiger partial charge is 0.366 e. The van der Waals surface area contributed by atoms with E-state index in [0.29, 0.717) is 42.1 Å². The Labute approximate surface area is 149 Å². The number of fused-ring (bicyclic) bond motifs is 1. The molecule has 2 aromatic heterocycles. The van der Waals surface area contributed by atoms with Crippen molar-refractivity contribution in [3.05, 3.63) is 77.1 Å². The zero-order valence-corrected chi connectivity index (χ0v) is 14.0. The molecule has 2 aromatic carbocycles. The van der Waals surface area contributed by atoms with E-state index in [1.165, 1.54) is 0 Å². The minimum atomic E-state index is -0.482. The maximum absolute atomic E-state index is 11.6. The van der Waals surface area contributed by atoms with Crippen molar-refractivity contribution >= 4 is 16.8 Å². The summed E-state index contributed by atoms with van der Waals surface area (Å²) in [4.78, 5) is 16.1. The summed E-state index contributed by atoms with van der Waals surface area (Å²) in [5.41, 5.74) is 8.66. The van der Waals surface area contributed by atoms with E-state index in [2.05, 4.69) is 20.3 Å². The first-order valence-corrected chi connectivity index (χ1v) is 8.30. The highest BCUT2D eigenvalue weighted by Gasteiger charge is 2.12. The summed E-state index contributed by atoms with van der Waals surface area (Å²) in [6.07, 6.45) is 3.56. The Morgan fingerprint density at radius 2 is 1.96 bits per heavy atom. The van der Waals surface area contributed by atoms with Gasteiger partial charge in [-0.25, -0.2) is 0 Å². The highest BCUT2D eigenvalue weighted by molar-refractivity contribution is 6.04. The molecule has 4 rings (SSSR count). The number of aromatic amines is 1. The van der Waals surface area contributed by atoms with Crippen molar-refractivity contribution in [1.82, 2.24) is 20.3 Å². The maximum Gasteiger partial charge on any atom is 0.250 e. The number of nitrogens with one attached hydrogen (secondary N) is 1. The van der Waals surface area contributed by atoms with Gasteiger partial charge in [-0.15, -0.1) is 0 Å². The molecular formula is C19H17N5O2. The van der Waals surface area contributed by atoms with E-state index in [-0.39, 0.29) is 0 Å². The molecule has 0 atom stereocenters. The number of primary amides is 1. The van der Waals surface area contributed by atoms with E-state index >= 15 is 0 Å². The standard InChI is InChI=1S/C19H17N5O2/c20-19(25)15-9-13(8-14-11-21-23-18(14)15)6-7-17-22-16(24-26-17)10-12-4-2-1-3-5-12/h1-5,8-9,11H,6-7,10H2,(H2,20,25)(H,21,23). The molecular weight excluding hydrogens is 330 g/mol. The molecule has 0 spiro atoms. The summed E-state index contributed by atoms with van der Waals surface area (Å²) < 4.78 is 5.34. The molecule has 7 nitrogen and oxygen atoms in total. The lowest BCUT2D eigenvalue weighted by Gasteiger charge is -2.03. The Kier molecular flexibility index (Phi) is 4.18. The van der Waals surface area contributed by atoms with Gasteiger partial charge in [-0.3, -0.25) is 9.89 Å². The van der Waals surface area contributed by atoms with Crippen LogP contribution in [-0.2, 0) is 19.3 Å². The van der Waals surface area contributed by atoms with Crippen LogP contribution in [0, 0.1) is 0 Å². The van der Waals surface area contributed by atoms with Crippen molar-refractivity contribution in [2.75, 3.05) is 0 Å². The average molecular weight is 347 g/mol. The lowest BCUT2D eigenvalue weighted by atomic mass is 10.0. The van der Waals surface area contributed by atoms with E-state index < -0.39 is 5.91 Å². The van der Waals surface area contributed by atoms with E-state index in [9.17, 15) is 4.79 Å². The number of carbonyl (C=O) groups excluding carboxylic acids is 1. The van der Waals surface area contributed by atoms with Crippen LogP contribution in [0.15, 0.2) is 53.2 Å². The third-order valence-corrected chi connectivity index (χ3v) is 4.22. The molecule has 7 heteroatoms. The predicted octanol–water partition coefficient (Wildman–Crippen LogP) is 2.42. The normalized spacial score (nSPS) is 11.1. The number of carbonyl (C=O) groups is 1. The molecule has 0 saturated carbocycles. The first-order valence-electron chi connectivity index (χ1n) is 8.30. The molecule has 0 saturated heterocycles. The number of nitrogens with zero attached hydrogens (tertiary/aromatic N) is 3. The van der Waals surface area contributed by atoms with Gasteiger partial charge in [0.05, 0.1) is 17.3 Å². The lowest BCUT2D eigenvalue weighted by molar-refractivity contribution is 0.100. The molecule has 0 aliphatic heterocycles. The van der Waals surface area contributed by atoms with Crippen LogP contribution in [-0.4, -0.2) is 26.2 Å². The van der Waals surface area contributed by atoms with Crippen LogP contribution in [0.25, 0.3) is 10.9 Å². The Bertz CT molecular complexity index is 1050. The third-order valence-electron chi connectivity index (χ3n) is 4.22. The van der Waals surface area contributed by atoms with Crippen LogP contribution in [0.5, 0.6) is 0 Å². The van der Waals surface area contributed by atoms with E-state index in [0.717, 1.165) is 16.5 Å². The molecule has 2 heterocycles. The zero-order chi connectivity index (χ0) is 17.9. The molecule has 0 fully saturated rings. The van der Waals surface area contributed by atoms with Crippen molar-refractivity contribution in [3.63, 3.8) is 0 Å². The molecule has 0 radical (unpaired) electrons. The highest BCUT2D eigenvalue weighted by atomic mass is 16.5. The molecule has 130 valence electrons. The SMILES string of the molecule is NC(=O)c1cc(CCc2nc(Cc3ccccc3)no2)cc2cn[nH]c12. The van der Waals surface area contributed by atoms with E-state index in [4.69, 9.17) is 10.3 Å². The number of aryl methyl sites for hydroxylation is 2. The second kappa shape index (κ2) is 6.79. The van der Waals surface area contributed by atoms with Crippen LogP contribution >= 0.6 is 0 Å². The van der Waals surface area contributed by atoms with Gasteiger partial charge in [-0.05, 0) is 29.7 Å². The summed E-state index contributed by atoms with van der Waals surface area (Å²) in [6, 6.07) is 13.8. The second-order valence-corrected chi connectivity index (χ2v) is 6.11. The van der Waals surface area contributed by atoms with Crippen molar-refractivity contribution in [1.29, 1.82) is 0 Å². The van der Waals surface area contributed by atoms with E-state index in [1.807, 2.05) is 36.4 Å². The predicted molar refractivity (Wildman–Crippen MR) is 95.6 cm³/mol. The number of H-pyrrole nitrogens is 1. The van der Waals surface area contributed by atoms with Gasteiger partial charge in [0.25, 0.3) is 5.91 Å². The topological polar surface area (TPSA) is 111 Å². The third kappa shape index (κ3) is 3.32. The van der Waals surface area contributed by atoms with Crippen molar-refractivity contribution in [2.45, 2.75) is 19.3 Å². The molecule has 26 heavy (non-hydrogen) atoms. The van der Waals surface area contributed by atoms with E-state index in [1.54, 1.807) is 12.3 Å². The highest BCUT2D eigenvalue weighted by Crippen LogP contribution is 2.20. The lowest BCUT2D eigenvalue weighted by Crippen LogP contribution is -2.12. The van der Waals surface area contributed by atoms with Crippen molar-refractivity contribution < 1.29 is 9.32 Å². The smallest absolute Gasteiger partial charge is 0.250 e. The fraction of sp³-hybridized carbons (Fsp3) is 0.158. The van der Waals surface area contributed by atoms with Crippen LogP contribution in [0.1, 0.15) is 33.2 Å². The summed E-state index contributed by atoms with van der Waals surface area (Å²) >= 11 is 0. The van der Waals surface area contributed by atoms with Crippen LogP contribution < -0.4 is 5.73 Å². The van der Waals surface area contributed by atoms with Gasteiger partial charge in [0.2, 0.25) is 5.89 Å². The van der Waals surface area contributed by atoms with Gasteiger partial charge in [-0.2, -0.15) is 10.1 Å². The Balaban J connectivity index is 1.48. The molecule has 4 aromatic rings. The number of amides is 1. The number of hydrogen-bond donors (Lipinski definition) is 2. The quantitative estimate of drug-likeness (QED) is 0.556. The monoisotopic (exact) mass is 347 g/mol. The second-order valence-electron chi connectivity index (χ2n) is 6.11. The zero-order valence-electron chi connectivity index (χ0n) is 14.0. The average Bonchev–Trinajstić information content (AvgIpc) is 3.29. The van der Waals surface area contributed by atoms with Crippen molar-refractivity contribution in [2.24, 2.45) is 5.73 Å². The van der Waals surface area contributed by atoms with Gasteiger partial charge in [-0.1, -0.05) is 35.5 Å². The van der Waals surface area contributed by atoms with Crippen LogP contribution in [0.4, 0.5) is 0 Å². The van der Waals surface area contributed by atoms with Crippen LogP contribution in [0.3, 0.4) is 0 Å². The number of aromatic nitrogens is 4. The number of hydrogen-bond acceptors (Lipinski definition) is 5.